The lowest BCUT2D eigenvalue weighted by atomic mass is 9.48. The summed E-state index contributed by atoms with van der Waals surface area (Å²) in [6.45, 7) is 5.93. The van der Waals surface area contributed by atoms with Crippen molar-refractivity contribution in [1.29, 1.82) is 0 Å². The minimum atomic E-state index is -4.64. The summed E-state index contributed by atoms with van der Waals surface area (Å²) < 4.78 is 40.5. The molecule has 1 heterocycles. The molecule has 1 aromatic rings. The molecule has 1 aliphatic heterocycles. The Morgan fingerprint density at radius 1 is 1.05 bits per heavy atom. The molecule has 6 rings (SSSR count). The first-order valence-corrected chi connectivity index (χ1v) is 15.5. The topological polar surface area (TPSA) is 37.4 Å². The minimum Gasteiger partial charge on any atom is -0.372 e. The van der Waals surface area contributed by atoms with Gasteiger partial charge in [-0.1, -0.05) is 37.5 Å². The van der Waals surface area contributed by atoms with Crippen LogP contribution in [0.2, 0.25) is 0 Å². The van der Waals surface area contributed by atoms with Gasteiger partial charge in [-0.05, 0) is 110 Å². The van der Waals surface area contributed by atoms with Gasteiger partial charge in [-0.15, -0.1) is 0 Å². The molecule has 0 aromatic heterocycles. The molecule has 1 aromatic carbocycles. The summed E-state index contributed by atoms with van der Waals surface area (Å²) in [5.74, 6) is 4.45. The number of ketones is 2. The first-order valence-electron chi connectivity index (χ1n) is 15.5. The molecule has 0 bridgehead atoms. The fourth-order valence-electron chi connectivity index (χ4n) is 9.27. The number of fused-ring (bicyclic) bond motifs is 4. The molecule has 41 heavy (non-hydrogen) atoms. The van der Waals surface area contributed by atoms with Crippen LogP contribution in [0.4, 0.5) is 18.9 Å². The number of anilines is 1. The molecular formula is C35H40F3NO2. The minimum absolute atomic E-state index is 0.0154. The average molecular weight is 564 g/mol. The standard InChI is InChI=1S/C35H40F3NO2/c1-3-31(41)34(17-18-35(36,37)38)16-15-30-28-13-9-24-21-26(40)12-14-27(24)32(28)29(22-33(30,34)2)23-7-10-25(11-8-23)39-19-5-4-6-20-39/h7-8,10-11,21,28-30H,3-6,9,12-16,19-20,22H2,1-2H3/t28-,29+,30-,33-,34-/m0/s1. The van der Waals surface area contributed by atoms with Crippen LogP contribution in [0.15, 0.2) is 47.1 Å². The van der Waals surface area contributed by atoms with Crippen molar-refractivity contribution in [3.8, 4) is 11.8 Å². The smallest absolute Gasteiger partial charge is 0.372 e. The Labute approximate surface area is 241 Å². The zero-order valence-electron chi connectivity index (χ0n) is 24.2. The van der Waals surface area contributed by atoms with E-state index in [-0.39, 0.29) is 35.7 Å². The van der Waals surface area contributed by atoms with E-state index in [1.165, 1.54) is 36.1 Å². The van der Waals surface area contributed by atoms with Crippen LogP contribution in [0.5, 0.6) is 0 Å². The molecule has 6 heteroatoms. The Morgan fingerprint density at radius 3 is 2.46 bits per heavy atom. The number of rotatable bonds is 4. The molecule has 0 spiro atoms. The van der Waals surface area contributed by atoms with Gasteiger partial charge in [0.25, 0.3) is 0 Å². The summed E-state index contributed by atoms with van der Waals surface area (Å²) in [5.41, 5.74) is 4.22. The number of Topliss-reactive ketones (excluding diaryl/α,β-unsaturated/α-hetero) is 1. The maximum Gasteiger partial charge on any atom is 0.457 e. The fraction of sp³-hybridized carbons (Fsp3) is 0.600. The molecule has 0 unspecified atom stereocenters. The molecule has 0 radical (unpaired) electrons. The van der Waals surface area contributed by atoms with E-state index < -0.39 is 17.0 Å². The summed E-state index contributed by atoms with van der Waals surface area (Å²) in [5, 5.41) is 0. The molecule has 5 aliphatic rings. The van der Waals surface area contributed by atoms with Gasteiger partial charge in [-0.25, -0.2) is 0 Å². The highest BCUT2D eigenvalue weighted by Crippen LogP contribution is 2.70. The van der Waals surface area contributed by atoms with Crippen molar-refractivity contribution < 1.29 is 22.8 Å². The van der Waals surface area contributed by atoms with Gasteiger partial charge in [0, 0.05) is 43.5 Å². The highest BCUT2D eigenvalue weighted by Gasteiger charge is 2.65. The SMILES string of the molecule is CCC(=O)[C@@]1(C#CC(F)(F)F)CC[C@H]2[C@@H]3CCC4=CC(=O)CCC4=C3[C@@H](c3ccc(N4CCCCC4)cc3)C[C@@]21C. The summed E-state index contributed by atoms with van der Waals surface area (Å²) in [6.07, 6.45) is 5.62. The van der Waals surface area contributed by atoms with Gasteiger partial charge in [0.1, 0.15) is 0 Å². The lowest BCUT2D eigenvalue weighted by Crippen LogP contribution is -2.50. The highest BCUT2D eigenvalue weighted by atomic mass is 19.4. The molecule has 3 fully saturated rings. The first kappa shape index (κ1) is 28.3. The molecular weight excluding hydrogens is 523 g/mol. The van der Waals surface area contributed by atoms with E-state index in [0.29, 0.717) is 25.7 Å². The molecule has 1 saturated heterocycles. The summed E-state index contributed by atoms with van der Waals surface area (Å²) in [7, 11) is 0. The summed E-state index contributed by atoms with van der Waals surface area (Å²) in [4.78, 5) is 28.4. The number of nitrogens with zero attached hydrogens (tertiary/aromatic N) is 1. The molecule has 5 atom stereocenters. The molecule has 0 amide bonds. The van der Waals surface area contributed by atoms with Crippen molar-refractivity contribution in [3.63, 3.8) is 0 Å². The van der Waals surface area contributed by atoms with Crippen molar-refractivity contribution in [1.82, 2.24) is 0 Å². The van der Waals surface area contributed by atoms with Gasteiger partial charge in [0.05, 0.1) is 5.41 Å². The number of allylic oxidation sites excluding steroid dienone is 4. The van der Waals surface area contributed by atoms with Gasteiger partial charge in [0.2, 0.25) is 0 Å². The Balaban J connectivity index is 1.48. The predicted octanol–water partition coefficient (Wildman–Crippen LogP) is 8.11. The van der Waals surface area contributed by atoms with Gasteiger partial charge in [-0.3, -0.25) is 9.59 Å². The number of benzene rings is 1. The highest BCUT2D eigenvalue weighted by molar-refractivity contribution is 5.93. The molecule has 2 saturated carbocycles. The van der Waals surface area contributed by atoms with Crippen molar-refractivity contribution in [2.75, 3.05) is 18.0 Å². The van der Waals surface area contributed by atoms with Crippen LogP contribution >= 0.6 is 0 Å². The van der Waals surface area contributed by atoms with E-state index in [0.717, 1.165) is 43.5 Å². The second-order valence-electron chi connectivity index (χ2n) is 13.1. The number of hydrogen-bond acceptors (Lipinski definition) is 3. The number of halogens is 3. The van der Waals surface area contributed by atoms with E-state index in [9.17, 15) is 22.8 Å². The van der Waals surface area contributed by atoms with Gasteiger partial charge in [-0.2, -0.15) is 13.2 Å². The number of piperidine rings is 1. The predicted molar refractivity (Wildman–Crippen MR) is 154 cm³/mol. The normalized spacial score (nSPS) is 33.3. The molecule has 218 valence electrons. The Bertz CT molecular complexity index is 1350. The Morgan fingerprint density at radius 2 is 1.78 bits per heavy atom. The van der Waals surface area contributed by atoms with Crippen LogP contribution in [-0.2, 0) is 9.59 Å². The second kappa shape index (κ2) is 10.5. The first-order chi connectivity index (χ1) is 19.6. The largest absolute Gasteiger partial charge is 0.457 e. The van der Waals surface area contributed by atoms with Crippen LogP contribution < -0.4 is 4.90 Å². The molecule has 0 N–H and O–H groups in total. The van der Waals surface area contributed by atoms with Gasteiger partial charge >= 0.3 is 6.18 Å². The van der Waals surface area contributed by atoms with E-state index in [1.54, 1.807) is 12.8 Å². The third-order valence-corrected chi connectivity index (χ3v) is 11.2. The zero-order valence-corrected chi connectivity index (χ0v) is 24.2. The second-order valence-corrected chi connectivity index (χ2v) is 13.1. The quantitative estimate of drug-likeness (QED) is 0.347. The molecule has 3 nitrogen and oxygen atoms in total. The van der Waals surface area contributed by atoms with Crippen LogP contribution in [0.25, 0.3) is 0 Å². The summed E-state index contributed by atoms with van der Waals surface area (Å²) >= 11 is 0. The summed E-state index contributed by atoms with van der Waals surface area (Å²) in [6, 6.07) is 8.80. The lowest BCUT2D eigenvalue weighted by molar-refractivity contribution is -0.132. The Kier molecular flexibility index (Phi) is 7.23. The maximum atomic E-state index is 13.7. The monoisotopic (exact) mass is 563 g/mol. The maximum absolute atomic E-state index is 13.7. The zero-order chi connectivity index (χ0) is 29.0. The van der Waals surface area contributed by atoms with Crippen LogP contribution in [0.1, 0.15) is 96.0 Å². The number of carbonyl (C=O) groups excluding carboxylic acids is 2. The molecule has 4 aliphatic carbocycles. The van der Waals surface area contributed by atoms with E-state index in [2.05, 4.69) is 42.0 Å². The van der Waals surface area contributed by atoms with Crippen molar-refractivity contribution in [2.24, 2.45) is 22.7 Å². The van der Waals surface area contributed by atoms with Gasteiger partial charge in [0.15, 0.2) is 11.6 Å². The number of hydrogen-bond donors (Lipinski definition) is 0. The Hall–Kier alpha value is -2.81. The van der Waals surface area contributed by atoms with Crippen LogP contribution in [-0.4, -0.2) is 30.8 Å². The number of alkyl halides is 3. The van der Waals surface area contributed by atoms with E-state index in [4.69, 9.17) is 0 Å². The average Bonchev–Trinajstić information content (AvgIpc) is 3.27. The van der Waals surface area contributed by atoms with Crippen molar-refractivity contribution in [3.05, 3.63) is 52.6 Å². The lowest BCUT2D eigenvalue weighted by Gasteiger charge is -2.54. The van der Waals surface area contributed by atoms with E-state index >= 15 is 0 Å². The van der Waals surface area contributed by atoms with Crippen LogP contribution in [0.3, 0.4) is 0 Å². The van der Waals surface area contributed by atoms with Crippen molar-refractivity contribution in [2.45, 2.75) is 96.6 Å². The van der Waals surface area contributed by atoms with E-state index in [1.807, 2.05) is 6.08 Å². The third kappa shape index (κ3) is 4.78. The fourth-order valence-corrected chi connectivity index (χ4v) is 9.27. The van der Waals surface area contributed by atoms with Gasteiger partial charge < -0.3 is 4.90 Å². The van der Waals surface area contributed by atoms with Crippen LogP contribution in [0, 0.1) is 34.5 Å². The third-order valence-electron chi connectivity index (χ3n) is 11.2. The van der Waals surface area contributed by atoms with Crippen molar-refractivity contribution >= 4 is 17.3 Å². The number of carbonyl (C=O) groups is 2.